The van der Waals surface area contributed by atoms with E-state index in [9.17, 15) is 31.1 Å². The lowest BCUT2D eigenvalue weighted by Gasteiger charge is -2.17. The number of hydrogen-bond donors (Lipinski definition) is 1. The lowest BCUT2D eigenvalue weighted by molar-refractivity contribution is -0.143. The van der Waals surface area contributed by atoms with Crippen LogP contribution in [0.2, 0.25) is 0 Å². The molecule has 0 bridgehead atoms. The first-order valence-corrected chi connectivity index (χ1v) is 9.95. The van der Waals surface area contributed by atoms with Gasteiger partial charge in [-0.25, -0.2) is 0 Å². The van der Waals surface area contributed by atoms with Crippen LogP contribution < -0.4 is 0 Å². The Morgan fingerprint density at radius 3 is 2.45 bits per heavy atom. The van der Waals surface area contributed by atoms with Gasteiger partial charge in [-0.1, -0.05) is 35.5 Å². The van der Waals surface area contributed by atoms with Gasteiger partial charge in [0, 0.05) is 18.7 Å². The topological polar surface area (TPSA) is 62.1 Å². The summed E-state index contributed by atoms with van der Waals surface area (Å²) in [6.07, 6.45) is -8.17. The van der Waals surface area contributed by atoms with Gasteiger partial charge in [0.1, 0.15) is 6.61 Å². The van der Waals surface area contributed by atoms with Crippen molar-refractivity contribution in [3.8, 4) is 11.1 Å². The fourth-order valence-corrected chi connectivity index (χ4v) is 3.60. The summed E-state index contributed by atoms with van der Waals surface area (Å²) in [5.41, 5.74) is -2.92. The van der Waals surface area contributed by atoms with E-state index >= 15 is 0 Å². The minimum Gasteiger partial charge on any atom is -0.481 e. The third kappa shape index (κ3) is 6.25. The highest BCUT2D eigenvalue weighted by Gasteiger charge is 2.38. The van der Waals surface area contributed by atoms with Crippen LogP contribution in [0.15, 0.2) is 47.6 Å². The van der Waals surface area contributed by atoms with E-state index in [4.69, 9.17) is 9.94 Å². The first-order chi connectivity index (χ1) is 15.5. The number of hydrogen-bond acceptors (Lipinski definition) is 4. The molecule has 0 aromatic heterocycles. The third-order valence-electron chi connectivity index (χ3n) is 5.29. The normalized spacial score (nSPS) is 17.6. The van der Waals surface area contributed by atoms with Crippen LogP contribution in [-0.2, 0) is 22.0 Å². The van der Waals surface area contributed by atoms with Gasteiger partial charge in [0.2, 0.25) is 0 Å². The molecule has 2 aromatic carbocycles. The van der Waals surface area contributed by atoms with Gasteiger partial charge in [-0.05, 0) is 36.2 Å². The molecule has 178 valence electrons. The van der Waals surface area contributed by atoms with E-state index in [2.05, 4.69) is 5.16 Å². The number of benzene rings is 2. The average Bonchev–Trinajstić information content (AvgIpc) is 3.21. The number of rotatable bonds is 7. The molecule has 1 heterocycles. The molecule has 11 heteroatoms. The molecule has 1 atom stereocenters. The number of carboxylic acids is 1. The Kier molecular flexibility index (Phi) is 7.31. The lowest BCUT2D eigenvalue weighted by Crippen LogP contribution is -2.26. The van der Waals surface area contributed by atoms with E-state index in [0.717, 1.165) is 6.07 Å². The molecule has 1 unspecified atom stereocenters. The predicted molar refractivity (Wildman–Crippen MR) is 108 cm³/mol. The van der Waals surface area contributed by atoms with Crippen molar-refractivity contribution in [1.29, 1.82) is 0 Å². The second kappa shape index (κ2) is 9.82. The van der Waals surface area contributed by atoms with E-state index < -0.39 is 40.9 Å². The lowest BCUT2D eigenvalue weighted by atomic mass is 9.94. The van der Waals surface area contributed by atoms with Gasteiger partial charge in [-0.2, -0.15) is 26.3 Å². The third-order valence-corrected chi connectivity index (χ3v) is 5.29. The highest BCUT2D eigenvalue weighted by Crippen LogP contribution is 2.41. The fraction of sp³-hybridized carbons (Fsp3) is 0.364. The van der Waals surface area contributed by atoms with Crippen LogP contribution in [0.4, 0.5) is 26.3 Å². The summed E-state index contributed by atoms with van der Waals surface area (Å²) in [6, 6.07) is 7.35. The maximum absolute atomic E-state index is 13.5. The Labute approximate surface area is 185 Å². The van der Waals surface area contributed by atoms with Crippen molar-refractivity contribution in [3.05, 3.63) is 59.2 Å². The summed E-state index contributed by atoms with van der Waals surface area (Å²) in [6.45, 7) is 1.58. The van der Waals surface area contributed by atoms with Gasteiger partial charge >= 0.3 is 18.3 Å². The van der Waals surface area contributed by atoms with Gasteiger partial charge in [0.15, 0.2) is 0 Å². The molecule has 0 radical (unpaired) electrons. The fourth-order valence-electron chi connectivity index (χ4n) is 3.60. The van der Waals surface area contributed by atoms with Crippen LogP contribution in [0.25, 0.3) is 11.1 Å². The molecule has 0 saturated carbocycles. The largest absolute Gasteiger partial charge is 0.481 e. The molecule has 5 nitrogen and oxygen atoms in total. The molecule has 1 aliphatic heterocycles. The van der Waals surface area contributed by atoms with Gasteiger partial charge < -0.3 is 9.94 Å². The van der Waals surface area contributed by atoms with Gasteiger partial charge in [-0.15, -0.1) is 0 Å². The van der Waals surface area contributed by atoms with Crippen LogP contribution in [0.5, 0.6) is 0 Å². The Bertz CT molecular complexity index is 1020. The molecule has 33 heavy (non-hydrogen) atoms. The number of carbonyl (C=O) groups is 1. The second-order valence-electron chi connectivity index (χ2n) is 7.54. The molecule has 1 N–H and O–H groups in total. The second-order valence-corrected chi connectivity index (χ2v) is 7.54. The molecular weight excluding hydrogens is 454 g/mol. The molecule has 1 fully saturated rings. The van der Waals surface area contributed by atoms with Gasteiger partial charge in [0.25, 0.3) is 0 Å². The SMILES string of the molecule is O=C(O)C1CCN(CCO/N=C/c2ccccc2-c2ccc(C(F)(F)F)cc2C(F)(F)F)C1. The molecule has 1 saturated heterocycles. The van der Waals surface area contributed by atoms with Crippen LogP contribution in [-0.4, -0.2) is 48.4 Å². The summed E-state index contributed by atoms with van der Waals surface area (Å²) in [4.78, 5) is 18.0. The summed E-state index contributed by atoms with van der Waals surface area (Å²) in [5, 5.41) is 12.8. The molecule has 2 aromatic rings. The molecule has 0 spiro atoms. The molecule has 3 rings (SSSR count). The zero-order valence-corrected chi connectivity index (χ0v) is 17.2. The van der Waals surface area contributed by atoms with Gasteiger partial charge in [-0.3, -0.25) is 9.69 Å². The van der Waals surface area contributed by atoms with E-state index in [1.807, 2.05) is 4.90 Å². The van der Waals surface area contributed by atoms with Crippen molar-refractivity contribution in [3.63, 3.8) is 0 Å². The summed E-state index contributed by atoms with van der Waals surface area (Å²) in [7, 11) is 0. The van der Waals surface area contributed by atoms with E-state index in [-0.39, 0.29) is 23.8 Å². The summed E-state index contributed by atoms with van der Waals surface area (Å²) < 4.78 is 79.5. The number of nitrogens with zero attached hydrogens (tertiary/aromatic N) is 2. The maximum Gasteiger partial charge on any atom is 0.417 e. The van der Waals surface area contributed by atoms with Crippen molar-refractivity contribution in [2.24, 2.45) is 11.1 Å². The van der Waals surface area contributed by atoms with Crippen molar-refractivity contribution in [2.45, 2.75) is 18.8 Å². The maximum atomic E-state index is 13.5. The minimum absolute atomic E-state index is 0.0507. The van der Waals surface area contributed by atoms with Crippen molar-refractivity contribution in [1.82, 2.24) is 4.90 Å². The van der Waals surface area contributed by atoms with Crippen LogP contribution >= 0.6 is 0 Å². The molecule has 1 aliphatic rings. The quantitative estimate of drug-likeness (QED) is 0.261. The first kappa shape index (κ1) is 24.6. The molecule has 0 aliphatic carbocycles. The van der Waals surface area contributed by atoms with E-state index in [0.29, 0.717) is 32.1 Å². The Morgan fingerprint density at radius 1 is 1.09 bits per heavy atom. The predicted octanol–water partition coefficient (Wildman–Crippen LogP) is 5.15. The molecule has 0 amide bonds. The standard InChI is InChI=1S/C22H20F6N2O3/c23-21(24,25)16-5-6-18(19(11-16)22(26,27)28)17-4-2-1-3-14(17)12-29-33-10-9-30-8-7-15(13-30)20(31)32/h1-6,11-12,15H,7-10,13H2,(H,31,32)/b29-12+. The zero-order valence-electron chi connectivity index (χ0n) is 17.2. The Hall–Kier alpha value is -3.08. The molecular formula is C22H20F6N2O3. The highest BCUT2D eigenvalue weighted by atomic mass is 19.4. The smallest absolute Gasteiger partial charge is 0.417 e. The van der Waals surface area contributed by atoms with Crippen molar-refractivity contribution < 1.29 is 41.1 Å². The monoisotopic (exact) mass is 474 g/mol. The Balaban J connectivity index is 1.75. The van der Waals surface area contributed by atoms with E-state index in [1.54, 1.807) is 6.07 Å². The number of aliphatic carboxylic acids is 1. The van der Waals surface area contributed by atoms with Crippen molar-refractivity contribution >= 4 is 12.2 Å². The number of halogens is 6. The van der Waals surface area contributed by atoms with E-state index in [1.165, 1.54) is 24.4 Å². The number of alkyl halides is 6. The zero-order chi connectivity index (χ0) is 24.2. The first-order valence-electron chi connectivity index (χ1n) is 9.95. The van der Waals surface area contributed by atoms with Crippen LogP contribution in [0.3, 0.4) is 0 Å². The van der Waals surface area contributed by atoms with Crippen molar-refractivity contribution in [2.75, 3.05) is 26.2 Å². The number of oxime groups is 1. The minimum atomic E-state index is -5.00. The van der Waals surface area contributed by atoms with Gasteiger partial charge in [0.05, 0.1) is 23.3 Å². The summed E-state index contributed by atoms with van der Waals surface area (Å²) >= 11 is 0. The Morgan fingerprint density at radius 2 is 1.82 bits per heavy atom. The average molecular weight is 474 g/mol. The van der Waals surface area contributed by atoms with Crippen LogP contribution in [0, 0.1) is 5.92 Å². The number of likely N-dealkylation sites (tertiary alicyclic amines) is 1. The highest BCUT2D eigenvalue weighted by molar-refractivity contribution is 5.91. The van der Waals surface area contributed by atoms with Crippen LogP contribution in [0.1, 0.15) is 23.1 Å². The number of carboxylic acid groups (broad SMARTS) is 1. The summed E-state index contributed by atoms with van der Waals surface area (Å²) in [5.74, 6) is -1.28.